The average molecular weight is 367 g/mol. The monoisotopic (exact) mass is 367 g/mol. The Bertz CT molecular complexity index is 929. The molecule has 1 aliphatic rings. The highest BCUT2D eigenvalue weighted by Gasteiger charge is 2.30. The second-order valence-electron chi connectivity index (χ2n) is 6.37. The van der Waals surface area contributed by atoms with E-state index in [2.05, 4.69) is 10.1 Å². The Kier molecular flexibility index (Phi) is 4.82. The van der Waals surface area contributed by atoms with Crippen LogP contribution in [0.3, 0.4) is 0 Å². The minimum atomic E-state index is -0.482. The van der Waals surface area contributed by atoms with Gasteiger partial charge in [-0.15, -0.1) is 0 Å². The lowest BCUT2D eigenvalue weighted by molar-refractivity contribution is -0.132. The average Bonchev–Trinajstić information content (AvgIpc) is 3.37. The Labute approximate surface area is 155 Å². The summed E-state index contributed by atoms with van der Waals surface area (Å²) in [5, 5.41) is 4.07. The van der Waals surface area contributed by atoms with Gasteiger partial charge in [0, 0.05) is 24.6 Å². The summed E-state index contributed by atoms with van der Waals surface area (Å²) in [4.78, 5) is 18.5. The SMILES string of the molecule is O=C(COc1ccccc1F)N1CC[C@H](c2noc(-c3ccccc3)n2)C1. The van der Waals surface area contributed by atoms with E-state index in [0.29, 0.717) is 24.8 Å². The molecule has 7 heteroatoms. The first-order valence-electron chi connectivity index (χ1n) is 8.75. The van der Waals surface area contributed by atoms with Crippen molar-refractivity contribution in [3.8, 4) is 17.2 Å². The first-order valence-corrected chi connectivity index (χ1v) is 8.75. The van der Waals surface area contributed by atoms with Crippen LogP contribution in [0.5, 0.6) is 5.75 Å². The molecule has 6 nitrogen and oxygen atoms in total. The molecule has 2 aromatic carbocycles. The van der Waals surface area contributed by atoms with E-state index in [9.17, 15) is 9.18 Å². The van der Waals surface area contributed by atoms with E-state index in [1.807, 2.05) is 30.3 Å². The molecule has 1 fully saturated rings. The van der Waals surface area contributed by atoms with Crippen LogP contribution in [0.1, 0.15) is 18.2 Å². The van der Waals surface area contributed by atoms with Crippen molar-refractivity contribution in [1.29, 1.82) is 0 Å². The summed E-state index contributed by atoms with van der Waals surface area (Å²) < 4.78 is 24.2. The van der Waals surface area contributed by atoms with Crippen molar-refractivity contribution in [3.63, 3.8) is 0 Å². The Balaban J connectivity index is 1.35. The zero-order valence-electron chi connectivity index (χ0n) is 14.5. The molecule has 1 aliphatic heterocycles. The van der Waals surface area contributed by atoms with E-state index in [4.69, 9.17) is 9.26 Å². The van der Waals surface area contributed by atoms with E-state index >= 15 is 0 Å². The van der Waals surface area contributed by atoms with Crippen LogP contribution in [0.2, 0.25) is 0 Å². The van der Waals surface area contributed by atoms with Gasteiger partial charge in [-0.3, -0.25) is 4.79 Å². The summed E-state index contributed by atoms with van der Waals surface area (Å²) in [6, 6.07) is 15.6. The van der Waals surface area contributed by atoms with Gasteiger partial charge in [-0.25, -0.2) is 4.39 Å². The highest BCUT2D eigenvalue weighted by molar-refractivity contribution is 5.78. The quantitative estimate of drug-likeness (QED) is 0.692. The van der Waals surface area contributed by atoms with Gasteiger partial charge in [0.1, 0.15) is 0 Å². The number of amides is 1. The third kappa shape index (κ3) is 3.81. The second kappa shape index (κ2) is 7.57. The lowest BCUT2D eigenvalue weighted by Gasteiger charge is -2.16. The largest absolute Gasteiger partial charge is 0.481 e. The Morgan fingerprint density at radius 1 is 1.19 bits per heavy atom. The summed E-state index contributed by atoms with van der Waals surface area (Å²) >= 11 is 0. The fourth-order valence-electron chi connectivity index (χ4n) is 3.09. The molecule has 1 atom stereocenters. The molecule has 138 valence electrons. The molecule has 1 amide bonds. The number of hydrogen-bond acceptors (Lipinski definition) is 5. The number of ether oxygens (including phenoxy) is 1. The van der Waals surface area contributed by atoms with Gasteiger partial charge in [0.2, 0.25) is 0 Å². The predicted octanol–water partition coefficient (Wildman–Crippen LogP) is 3.27. The van der Waals surface area contributed by atoms with Crippen molar-refractivity contribution < 1.29 is 18.4 Å². The Hall–Kier alpha value is -3.22. The summed E-state index contributed by atoms with van der Waals surface area (Å²) in [6.07, 6.45) is 0.749. The van der Waals surface area contributed by atoms with Gasteiger partial charge in [-0.2, -0.15) is 4.98 Å². The van der Waals surface area contributed by atoms with E-state index in [0.717, 1.165) is 12.0 Å². The molecule has 0 aliphatic carbocycles. The van der Waals surface area contributed by atoms with Crippen LogP contribution in [0.4, 0.5) is 4.39 Å². The number of halogens is 1. The number of likely N-dealkylation sites (tertiary alicyclic amines) is 1. The van der Waals surface area contributed by atoms with Crippen LogP contribution in [0.25, 0.3) is 11.5 Å². The normalized spacial score (nSPS) is 16.5. The van der Waals surface area contributed by atoms with Gasteiger partial charge in [0.25, 0.3) is 11.8 Å². The number of carbonyl (C=O) groups excluding carboxylic acids is 1. The maximum Gasteiger partial charge on any atom is 0.260 e. The van der Waals surface area contributed by atoms with Crippen molar-refractivity contribution >= 4 is 5.91 Å². The second-order valence-corrected chi connectivity index (χ2v) is 6.37. The number of aromatic nitrogens is 2. The van der Waals surface area contributed by atoms with Gasteiger partial charge in [-0.1, -0.05) is 35.5 Å². The van der Waals surface area contributed by atoms with Crippen LogP contribution in [-0.2, 0) is 4.79 Å². The summed E-state index contributed by atoms with van der Waals surface area (Å²) in [7, 11) is 0. The molecular weight excluding hydrogens is 349 g/mol. The van der Waals surface area contributed by atoms with E-state index in [1.165, 1.54) is 12.1 Å². The third-order valence-corrected chi connectivity index (χ3v) is 4.56. The standard InChI is InChI=1S/C20H18FN3O3/c21-16-8-4-5-9-17(16)26-13-18(25)24-11-10-15(12-24)19-22-20(27-23-19)14-6-2-1-3-7-14/h1-9,15H,10-13H2/t15-/m0/s1. The van der Waals surface area contributed by atoms with E-state index < -0.39 is 5.82 Å². The number of benzene rings is 2. The van der Waals surface area contributed by atoms with Gasteiger partial charge < -0.3 is 14.2 Å². The van der Waals surface area contributed by atoms with E-state index in [-0.39, 0.29) is 24.2 Å². The minimum Gasteiger partial charge on any atom is -0.481 e. The number of hydrogen-bond donors (Lipinski definition) is 0. The molecule has 0 N–H and O–H groups in total. The van der Waals surface area contributed by atoms with Crippen molar-refractivity contribution in [2.75, 3.05) is 19.7 Å². The minimum absolute atomic E-state index is 0.0172. The van der Waals surface area contributed by atoms with Crippen molar-refractivity contribution in [3.05, 3.63) is 66.2 Å². The maximum absolute atomic E-state index is 13.6. The fourth-order valence-corrected chi connectivity index (χ4v) is 3.09. The zero-order chi connectivity index (χ0) is 18.6. The lowest BCUT2D eigenvalue weighted by Crippen LogP contribution is -2.33. The predicted molar refractivity (Wildman–Crippen MR) is 95.6 cm³/mol. The number of nitrogens with zero attached hydrogens (tertiary/aromatic N) is 3. The molecule has 0 radical (unpaired) electrons. The van der Waals surface area contributed by atoms with Gasteiger partial charge in [-0.05, 0) is 30.7 Å². The van der Waals surface area contributed by atoms with Crippen LogP contribution >= 0.6 is 0 Å². The zero-order valence-corrected chi connectivity index (χ0v) is 14.5. The van der Waals surface area contributed by atoms with E-state index in [1.54, 1.807) is 17.0 Å². The number of para-hydroxylation sites is 1. The summed E-state index contributed by atoms with van der Waals surface area (Å²) in [5.74, 6) is 0.491. The molecule has 2 heterocycles. The van der Waals surface area contributed by atoms with Crippen molar-refractivity contribution in [1.82, 2.24) is 15.0 Å². The molecule has 0 saturated carbocycles. The molecule has 0 spiro atoms. The number of carbonyl (C=O) groups is 1. The first kappa shape index (κ1) is 17.2. The highest BCUT2D eigenvalue weighted by atomic mass is 19.1. The molecule has 1 saturated heterocycles. The summed E-state index contributed by atoms with van der Waals surface area (Å²) in [6.45, 7) is 0.877. The van der Waals surface area contributed by atoms with Crippen LogP contribution in [-0.4, -0.2) is 40.6 Å². The topological polar surface area (TPSA) is 68.5 Å². The molecule has 0 bridgehead atoms. The van der Waals surface area contributed by atoms with Crippen LogP contribution < -0.4 is 4.74 Å². The first-order chi connectivity index (χ1) is 13.2. The van der Waals surface area contributed by atoms with Gasteiger partial charge in [0.05, 0.1) is 0 Å². The van der Waals surface area contributed by atoms with Crippen LogP contribution in [0.15, 0.2) is 59.1 Å². The van der Waals surface area contributed by atoms with Gasteiger partial charge >= 0.3 is 0 Å². The Morgan fingerprint density at radius 3 is 2.78 bits per heavy atom. The van der Waals surface area contributed by atoms with Gasteiger partial charge in [0.15, 0.2) is 24.0 Å². The molecule has 0 unspecified atom stereocenters. The molecule has 4 rings (SSSR count). The molecule has 3 aromatic rings. The van der Waals surface area contributed by atoms with Crippen LogP contribution in [0, 0.1) is 5.82 Å². The molecule has 27 heavy (non-hydrogen) atoms. The maximum atomic E-state index is 13.6. The van der Waals surface area contributed by atoms with Crippen molar-refractivity contribution in [2.45, 2.75) is 12.3 Å². The molecular formula is C20H18FN3O3. The lowest BCUT2D eigenvalue weighted by atomic mass is 10.1. The molecule has 1 aromatic heterocycles. The highest BCUT2D eigenvalue weighted by Crippen LogP contribution is 2.27. The van der Waals surface area contributed by atoms with Crippen molar-refractivity contribution in [2.24, 2.45) is 0 Å². The third-order valence-electron chi connectivity index (χ3n) is 4.56. The smallest absolute Gasteiger partial charge is 0.260 e. The Morgan fingerprint density at radius 2 is 1.96 bits per heavy atom. The fraction of sp³-hybridized carbons (Fsp3) is 0.250. The number of rotatable bonds is 5. The summed E-state index contributed by atoms with van der Waals surface area (Å²) in [5.41, 5.74) is 0.862.